The third kappa shape index (κ3) is 5.35. The van der Waals surface area contributed by atoms with E-state index in [2.05, 4.69) is 6.58 Å². The van der Waals surface area contributed by atoms with Gasteiger partial charge in [0.05, 0.1) is 6.10 Å². The second-order valence-corrected chi connectivity index (χ2v) is 4.96. The molecule has 1 heterocycles. The number of thioether (sulfide) groups is 1. The summed E-state index contributed by atoms with van der Waals surface area (Å²) in [4.78, 5) is 22.7. The lowest BCUT2D eigenvalue weighted by Crippen LogP contribution is -2.10. The highest BCUT2D eigenvalue weighted by atomic mass is 32.2. The standard InChI is InChI=1S/C13H18O3S/c1-4-6-7-12(5-2)17-13(14)9-11-8-10(3)15-16-11/h4-7,10-11H,1,8-9H2,2-3H3/b7-6-,12-5+/t10?,11-/m1/s1. The Hall–Kier alpha value is -0.840. The Morgan fingerprint density at radius 2 is 2.29 bits per heavy atom. The van der Waals surface area contributed by atoms with Crippen LogP contribution in [-0.4, -0.2) is 17.3 Å². The number of carbonyl (C=O) groups is 1. The molecular weight excluding hydrogens is 236 g/mol. The number of carbonyl (C=O) groups excluding carboxylic acids is 1. The number of hydrogen-bond acceptors (Lipinski definition) is 4. The molecule has 0 aliphatic carbocycles. The quantitative estimate of drug-likeness (QED) is 0.556. The molecule has 17 heavy (non-hydrogen) atoms. The van der Waals surface area contributed by atoms with Gasteiger partial charge in [0.25, 0.3) is 0 Å². The van der Waals surface area contributed by atoms with Crippen LogP contribution in [0.3, 0.4) is 0 Å². The van der Waals surface area contributed by atoms with Crippen molar-refractivity contribution in [3.8, 4) is 0 Å². The van der Waals surface area contributed by atoms with Gasteiger partial charge in [-0.2, -0.15) is 0 Å². The molecule has 0 aromatic heterocycles. The monoisotopic (exact) mass is 254 g/mol. The summed E-state index contributed by atoms with van der Waals surface area (Å²) in [5, 5.41) is 0.0921. The highest BCUT2D eigenvalue weighted by molar-refractivity contribution is 8.17. The Labute approximate surface area is 106 Å². The van der Waals surface area contributed by atoms with Crippen LogP contribution >= 0.6 is 11.8 Å². The first-order valence-corrected chi connectivity index (χ1v) is 6.45. The van der Waals surface area contributed by atoms with Crippen molar-refractivity contribution in [2.45, 2.75) is 38.9 Å². The normalized spacial score (nSPS) is 25.4. The lowest BCUT2D eigenvalue weighted by Gasteiger charge is -2.05. The fraction of sp³-hybridized carbons (Fsp3) is 0.462. The van der Waals surface area contributed by atoms with Gasteiger partial charge in [-0.25, -0.2) is 9.78 Å². The number of allylic oxidation sites excluding steroid dienone is 4. The van der Waals surface area contributed by atoms with E-state index in [-0.39, 0.29) is 17.3 Å². The molecule has 3 nitrogen and oxygen atoms in total. The fourth-order valence-electron chi connectivity index (χ4n) is 1.45. The third-order valence-corrected chi connectivity index (χ3v) is 3.26. The van der Waals surface area contributed by atoms with Gasteiger partial charge >= 0.3 is 0 Å². The van der Waals surface area contributed by atoms with Gasteiger partial charge in [-0.3, -0.25) is 4.79 Å². The molecular formula is C13H18O3S. The van der Waals surface area contributed by atoms with Crippen LogP contribution in [0.15, 0.2) is 35.8 Å². The summed E-state index contributed by atoms with van der Waals surface area (Å²) >= 11 is 1.22. The van der Waals surface area contributed by atoms with E-state index in [9.17, 15) is 4.79 Å². The molecule has 0 N–H and O–H groups in total. The van der Waals surface area contributed by atoms with Crippen LogP contribution in [0, 0.1) is 0 Å². The molecule has 0 radical (unpaired) electrons. The van der Waals surface area contributed by atoms with Crippen LogP contribution < -0.4 is 0 Å². The summed E-state index contributed by atoms with van der Waals surface area (Å²) in [5.74, 6) is 0. The van der Waals surface area contributed by atoms with Gasteiger partial charge in [0.1, 0.15) is 6.10 Å². The fourth-order valence-corrected chi connectivity index (χ4v) is 2.25. The molecule has 0 amide bonds. The van der Waals surface area contributed by atoms with Crippen molar-refractivity contribution in [3.05, 3.63) is 35.8 Å². The lowest BCUT2D eigenvalue weighted by molar-refractivity contribution is -0.292. The molecule has 1 rings (SSSR count). The molecule has 1 aliphatic heterocycles. The zero-order valence-electron chi connectivity index (χ0n) is 10.2. The van der Waals surface area contributed by atoms with E-state index in [4.69, 9.17) is 9.78 Å². The van der Waals surface area contributed by atoms with Crippen LogP contribution in [0.25, 0.3) is 0 Å². The highest BCUT2D eigenvalue weighted by Crippen LogP contribution is 2.25. The summed E-state index contributed by atoms with van der Waals surface area (Å²) in [5.41, 5.74) is 0. The van der Waals surface area contributed by atoms with E-state index in [1.54, 1.807) is 6.08 Å². The van der Waals surface area contributed by atoms with E-state index in [0.717, 1.165) is 11.3 Å². The minimum Gasteiger partial charge on any atom is -0.287 e. The summed E-state index contributed by atoms with van der Waals surface area (Å²) < 4.78 is 0. The molecule has 0 spiro atoms. The van der Waals surface area contributed by atoms with Crippen LogP contribution in [0.4, 0.5) is 0 Å². The van der Waals surface area contributed by atoms with E-state index in [1.165, 1.54) is 11.8 Å². The summed E-state index contributed by atoms with van der Waals surface area (Å²) in [6.07, 6.45) is 8.40. The second kappa shape index (κ2) is 7.48. The highest BCUT2D eigenvalue weighted by Gasteiger charge is 2.26. The Morgan fingerprint density at radius 1 is 1.53 bits per heavy atom. The van der Waals surface area contributed by atoms with Crippen molar-refractivity contribution < 1.29 is 14.6 Å². The molecule has 1 fully saturated rings. The first kappa shape index (κ1) is 14.2. The molecule has 0 bridgehead atoms. The number of rotatable bonds is 5. The minimum atomic E-state index is -0.105. The Kier molecular flexibility index (Phi) is 6.26. The van der Waals surface area contributed by atoms with Crippen molar-refractivity contribution in [2.24, 2.45) is 0 Å². The average molecular weight is 254 g/mol. The van der Waals surface area contributed by atoms with E-state index in [0.29, 0.717) is 6.42 Å². The first-order chi connectivity index (χ1) is 8.15. The average Bonchev–Trinajstić information content (AvgIpc) is 2.69. The molecule has 1 saturated heterocycles. The van der Waals surface area contributed by atoms with Gasteiger partial charge in [0.2, 0.25) is 0 Å². The molecule has 2 atom stereocenters. The van der Waals surface area contributed by atoms with Gasteiger partial charge in [0, 0.05) is 17.7 Å². The van der Waals surface area contributed by atoms with E-state index >= 15 is 0 Å². The largest absolute Gasteiger partial charge is 0.287 e. The van der Waals surface area contributed by atoms with Crippen molar-refractivity contribution in [3.63, 3.8) is 0 Å². The van der Waals surface area contributed by atoms with Crippen molar-refractivity contribution in [1.29, 1.82) is 0 Å². The Morgan fingerprint density at radius 3 is 2.82 bits per heavy atom. The van der Waals surface area contributed by atoms with Crippen molar-refractivity contribution in [2.75, 3.05) is 0 Å². The zero-order chi connectivity index (χ0) is 12.7. The van der Waals surface area contributed by atoms with Crippen LogP contribution in [-0.2, 0) is 14.6 Å². The van der Waals surface area contributed by atoms with Crippen LogP contribution in [0.2, 0.25) is 0 Å². The first-order valence-electron chi connectivity index (χ1n) is 5.64. The van der Waals surface area contributed by atoms with Gasteiger partial charge in [-0.1, -0.05) is 36.6 Å². The lowest BCUT2D eigenvalue weighted by atomic mass is 10.1. The maximum atomic E-state index is 11.8. The molecule has 1 aliphatic rings. The second-order valence-electron chi connectivity index (χ2n) is 3.82. The maximum absolute atomic E-state index is 11.8. The number of hydrogen-bond donors (Lipinski definition) is 0. The van der Waals surface area contributed by atoms with Gasteiger partial charge in [0.15, 0.2) is 5.12 Å². The van der Waals surface area contributed by atoms with Gasteiger partial charge in [-0.05, 0) is 19.9 Å². The SMILES string of the molecule is C=C/C=C\C(=C/C)SC(=O)C[C@H]1CC(C)OO1. The predicted molar refractivity (Wildman–Crippen MR) is 70.3 cm³/mol. The minimum absolute atomic E-state index is 0.0830. The van der Waals surface area contributed by atoms with Crippen molar-refractivity contribution >= 4 is 16.9 Å². The summed E-state index contributed by atoms with van der Waals surface area (Å²) in [6, 6.07) is 0. The molecule has 94 valence electrons. The summed E-state index contributed by atoms with van der Waals surface area (Å²) in [6.45, 7) is 7.43. The zero-order valence-corrected chi connectivity index (χ0v) is 11.0. The smallest absolute Gasteiger partial charge is 0.196 e. The van der Waals surface area contributed by atoms with Crippen LogP contribution in [0.5, 0.6) is 0 Å². The van der Waals surface area contributed by atoms with Crippen molar-refractivity contribution in [1.82, 2.24) is 0 Å². The Balaban J connectivity index is 2.38. The van der Waals surface area contributed by atoms with E-state index in [1.807, 2.05) is 32.1 Å². The molecule has 1 unspecified atom stereocenters. The molecule has 4 heteroatoms. The predicted octanol–water partition coefficient (Wildman–Crippen LogP) is 3.39. The van der Waals surface area contributed by atoms with Gasteiger partial charge < -0.3 is 0 Å². The molecule has 0 aromatic carbocycles. The maximum Gasteiger partial charge on any atom is 0.196 e. The van der Waals surface area contributed by atoms with E-state index < -0.39 is 0 Å². The molecule has 0 aromatic rings. The molecule has 0 saturated carbocycles. The summed E-state index contributed by atoms with van der Waals surface area (Å²) in [7, 11) is 0. The Bertz CT molecular complexity index is 334. The van der Waals surface area contributed by atoms with Crippen LogP contribution in [0.1, 0.15) is 26.7 Å². The third-order valence-electron chi connectivity index (χ3n) is 2.26. The topological polar surface area (TPSA) is 35.5 Å². The van der Waals surface area contributed by atoms with Gasteiger partial charge in [-0.15, -0.1) is 0 Å².